The molecule has 1 atom stereocenters. The summed E-state index contributed by atoms with van der Waals surface area (Å²) in [5.74, 6) is -0.915. The van der Waals surface area contributed by atoms with E-state index in [1.54, 1.807) is 18.2 Å². The Bertz CT molecular complexity index is 1310. The summed E-state index contributed by atoms with van der Waals surface area (Å²) in [5.41, 5.74) is 6.65. The number of aromatic amines is 1. The predicted octanol–water partition coefficient (Wildman–Crippen LogP) is 4.89. The third kappa shape index (κ3) is 3.48. The summed E-state index contributed by atoms with van der Waals surface area (Å²) in [6, 6.07) is 25.4. The van der Waals surface area contributed by atoms with Crippen molar-refractivity contribution in [2.24, 2.45) is 0 Å². The number of aromatic carboxylic acids is 1. The number of carboxylic acids is 1. The Morgan fingerprint density at radius 1 is 1.10 bits per heavy atom. The number of hydrogen-bond donors (Lipinski definition) is 2. The zero-order valence-corrected chi connectivity index (χ0v) is 16.9. The molecule has 2 N–H and O–H groups in total. The molecule has 5 heteroatoms. The molecular weight excluding hydrogens is 386 g/mol. The molecule has 0 saturated carbocycles. The Morgan fingerprint density at radius 3 is 2.68 bits per heavy atom. The highest BCUT2D eigenvalue weighted by Gasteiger charge is 2.31. The normalized spacial score (nSPS) is 16.0. The van der Waals surface area contributed by atoms with Crippen molar-refractivity contribution in [3.63, 3.8) is 0 Å². The van der Waals surface area contributed by atoms with E-state index in [0.29, 0.717) is 17.7 Å². The number of hydrogen-bond acceptors (Lipinski definition) is 3. The molecule has 0 amide bonds. The molecule has 2 heterocycles. The highest BCUT2D eigenvalue weighted by molar-refractivity contribution is 5.87. The van der Waals surface area contributed by atoms with E-state index in [9.17, 15) is 15.2 Å². The zero-order chi connectivity index (χ0) is 21.4. The van der Waals surface area contributed by atoms with Crippen molar-refractivity contribution in [3.05, 3.63) is 106 Å². The minimum absolute atomic E-state index is 0.00243. The Labute approximate surface area is 180 Å². The third-order valence-electron chi connectivity index (χ3n) is 6.05. The molecule has 0 fully saturated rings. The lowest BCUT2D eigenvalue weighted by Crippen LogP contribution is -2.35. The van der Waals surface area contributed by atoms with E-state index < -0.39 is 5.97 Å². The lowest BCUT2D eigenvalue weighted by Gasteiger charge is -2.36. The fraction of sp³-hybridized carbons (Fsp3) is 0.154. The molecule has 1 aliphatic heterocycles. The van der Waals surface area contributed by atoms with Gasteiger partial charge in [0, 0.05) is 29.7 Å². The van der Waals surface area contributed by atoms with Crippen molar-refractivity contribution >= 4 is 16.9 Å². The van der Waals surface area contributed by atoms with E-state index in [1.165, 1.54) is 16.6 Å². The molecule has 0 saturated heterocycles. The van der Waals surface area contributed by atoms with E-state index in [-0.39, 0.29) is 6.04 Å². The van der Waals surface area contributed by atoms with E-state index in [1.807, 2.05) is 36.4 Å². The zero-order valence-electron chi connectivity index (χ0n) is 16.9. The lowest BCUT2D eigenvalue weighted by molar-refractivity contribution is 0.0696. The molecule has 0 spiro atoms. The first-order valence-electron chi connectivity index (χ1n) is 10.3. The van der Waals surface area contributed by atoms with Gasteiger partial charge in [-0.1, -0.05) is 42.5 Å². The van der Waals surface area contributed by atoms with Crippen LogP contribution in [0.3, 0.4) is 0 Å². The largest absolute Gasteiger partial charge is 0.478 e. The average Bonchev–Trinajstić information content (AvgIpc) is 3.18. The number of nitriles is 1. The van der Waals surface area contributed by atoms with Crippen molar-refractivity contribution < 1.29 is 9.90 Å². The molecule has 0 bridgehead atoms. The number of carbonyl (C=O) groups is 1. The SMILES string of the molecule is N#Cc1ccc(C2c3[nH]c4ccccc4c3CCN2Cc2cccc(C(=O)O)c2)cc1. The monoisotopic (exact) mass is 407 g/mol. The van der Waals surface area contributed by atoms with Crippen molar-refractivity contribution in [2.75, 3.05) is 6.54 Å². The second-order valence-corrected chi connectivity index (χ2v) is 7.93. The predicted molar refractivity (Wildman–Crippen MR) is 119 cm³/mol. The number of H-pyrrole nitrogens is 1. The van der Waals surface area contributed by atoms with Gasteiger partial charge in [-0.2, -0.15) is 5.26 Å². The number of rotatable bonds is 4. The van der Waals surface area contributed by atoms with Crippen molar-refractivity contribution in [2.45, 2.75) is 19.0 Å². The Hall–Kier alpha value is -3.88. The first-order valence-corrected chi connectivity index (χ1v) is 10.3. The molecule has 31 heavy (non-hydrogen) atoms. The Balaban J connectivity index is 1.59. The molecular formula is C26H21N3O2. The summed E-state index contributed by atoms with van der Waals surface area (Å²) in [7, 11) is 0. The van der Waals surface area contributed by atoms with Crippen molar-refractivity contribution in [3.8, 4) is 6.07 Å². The van der Waals surface area contributed by atoms with Gasteiger partial charge in [-0.25, -0.2) is 4.79 Å². The summed E-state index contributed by atoms with van der Waals surface area (Å²) in [6.07, 6.45) is 0.921. The minimum atomic E-state index is -0.915. The number of nitrogens with one attached hydrogen (secondary N) is 1. The van der Waals surface area contributed by atoms with Crippen LogP contribution in [0.1, 0.15) is 44.3 Å². The van der Waals surface area contributed by atoms with Crippen LogP contribution >= 0.6 is 0 Å². The summed E-state index contributed by atoms with van der Waals surface area (Å²) in [6.45, 7) is 1.50. The number of aromatic nitrogens is 1. The third-order valence-corrected chi connectivity index (χ3v) is 6.05. The molecule has 1 unspecified atom stereocenters. The molecule has 5 rings (SSSR count). The lowest BCUT2D eigenvalue weighted by atomic mass is 9.91. The van der Waals surface area contributed by atoms with Gasteiger partial charge in [0.25, 0.3) is 0 Å². The van der Waals surface area contributed by atoms with Crippen molar-refractivity contribution in [1.82, 2.24) is 9.88 Å². The fourth-order valence-corrected chi connectivity index (χ4v) is 4.62. The second kappa shape index (κ2) is 7.75. The molecule has 1 aromatic heterocycles. The summed E-state index contributed by atoms with van der Waals surface area (Å²) in [4.78, 5) is 17.4. The van der Waals surface area contributed by atoms with Gasteiger partial charge >= 0.3 is 5.97 Å². The fourth-order valence-electron chi connectivity index (χ4n) is 4.62. The van der Waals surface area contributed by atoms with Crippen LogP contribution in [-0.2, 0) is 13.0 Å². The molecule has 0 aliphatic carbocycles. The molecule has 3 aromatic carbocycles. The van der Waals surface area contributed by atoms with Gasteiger partial charge in [-0.15, -0.1) is 0 Å². The molecule has 0 radical (unpaired) electrons. The smallest absolute Gasteiger partial charge is 0.335 e. The van der Waals surface area contributed by atoms with Gasteiger partial charge < -0.3 is 10.1 Å². The van der Waals surface area contributed by atoms with Gasteiger partial charge in [0.1, 0.15) is 0 Å². The number of benzene rings is 3. The number of para-hydroxylation sites is 1. The van der Waals surface area contributed by atoms with E-state index >= 15 is 0 Å². The van der Waals surface area contributed by atoms with Gasteiger partial charge in [-0.05, 0) is 53.4 Å². The first kappa shape index (κ1) is 19.1. The van der Waals surface area contributed by atoms with Gasteiger partial charge in [0.05, 0.1) is 23.2 Å². The summed E-state index contributed by atoms with van der Waals surface area (Å²) >= 11 is 0. The topological polar surface area (TPSA) is 80.1 Å². The van der Waals surface area contributed by atoms with E-state index in [4.69, 9.17) is 0 Å². The second-order valence-electron chi connectivity index (χ2n) is 7.93. The Morgan fingerprint density at radius 2 is 1.90 bits per heavy atom. The van der Waals surface area contributed by atoms with Crippen LogP contribution in [0.5, 0.6) is 0 Å². The number of nitrogens with zero attached hydrogens (tertiary/aromatic N) is 2. The quantitative estimate of drug-likeness (QED) is 0.505. The maximum atomic E-state index is 11.4. The van der Waals surface area contributed by atoms with Crippen LogP contribution in [0.4, 0.5) is 0 Å². The summed E-state index contributed by atoms with van der Waals surface area (Å²) < 4.78 is 0. The number of carboxylic acid groups (broad SMARTS) is 1. The van der Waals surface area contributed by atoms with Crippen LogP contribution < -0.4 is 0 Å². The van der Waals surface area contributed by atoms with Crippen LogP contribution in [0, 0.1) is 11.3 Å². The number of fused-ring (bicyclic) bond motifs is 3. The highest BCUT2D eigenvalue weighted by Crippen LogP contribution is 2.39. The highest BCUT2D eigenvalue weighted by atomic mass is 16.4. The van der Waals surface area contributed by atoms with Gasteiger partial charge in [0.2, 0.25) is 0 Å². The van der Waals surface area contributed by atoms with Crippen LogP contribution in [0.2, 0.25) is 0 Å². The van der Waals surface area contributed by atoms with E-state index in [0.717, 1.165) is 29.6 Å². The maximum Gasteiger partial charge on any atom is 0.335 e. The van der Waals surface area contributed by atoms with Crippen LogP contribution in [0.25, 0.3) is 10.9 Å². The molecule has 4 aromatic rings. The minimum Gasteiger partial charge on any atom is -0.478 e. The van der Waals surface area contributed by atoms with Crippen molar-refractivity contribution in [1.29, 1.82) is 5.26 Å². The van der Waals surface area contributed by atoms with Gasteiger partial charge in [0.15, 0.2) is 0 Å². The maximum absolute atomic E-state index is 11.4. The first-order chi connectivity index (χ1) is 15.1. The van der Waals surface area contributed by atoms with E-state index in [2.05, 4.69) is 34.2 Å². The summed E-state index contributed by atoms with van der Waals surface area (Å²) in [5, 5.41) is 19.8. The molecule has 5 nitrogen and oxygen atoms in total. The standard InChI is InChI=1S/C26H21N3O2/c27-15-17-8-10-19(11-9-17)25-24-22(21-6-1-2-7-23(21)28-24)12-13-29(25)16-18-4-3-5-20(14-18)26(30)31/h1-11,14,25,28H,12-13,16H2,(H,30,31). The molecule has 152 valence electrons. The average molecular weight is 407 g/mol. The van der Waals surface area contributed by atoms with Gasteiger partial charge in [-0.3, -0.25) is 4.90 Å². The van der Waals surface area contributed by atoms with Crippen LogP contribution in [-0.4, -0.2) is 27.5 Å². The molecule has 1 aliphatic rings. The Kier molecular flexibility index (Phi) is 4.78. The van der Waals surface area contributed by atoms with Crippen LogP contribution in [0.15, 0.2) is 72.8 Å².